The molecule has 12 rings (SSSR count). The summed E-state index contributed by atoms with van der Waals surface area (Å²) in [6, 6.07) is 71.6. The van der Waals surface area contributed by atoms with Crippen molar-refractivity contribution in [3.05, 3.63) is 194 Å². The number of rotatable bonds is 3. The highest BCUT2D eigenvalue weighted by molar-refractivity contribution is 6.14. The van der Waals surface area contributed by atoms with Gasteiger partial charge in [-0.25, -0.2) is 0 Å². The Morgan fingerprint density at radius 3 is 1.07 bits per heavy atom. The summed E-state index contributed by atoms with van der Waals surface area (Å²) in [6.45, 7) is 0. The summed E-state index contributed by atoms with van der Waals surface area (Å²) in [4.78, 5) is 0. The van der Waals surface area contributed by atoms with Crippen molar-refractivity contribution in [2.75, 3.05) is 0 Å². The van der Waals surface area contributed by atoms with Crippen molar-refractivity contribution in [2.45, 2.75) is 0 Å². The second-order valence-corrected chi connectivity index (χ2v) is 14.6. The van der Waals surface area contributed by atoms with Gasteiger partial charge in [-0.05, 0) is 115 Å². The molecule has 0 aliphatic carbocycles. The minimum absolute atomic E-state index is 1.17. The van der Waals surface area contributed by atoms with Crippen LogP contribution in [-0.2, 0) is 0 Å². The molecule has 0 N–H and O–H groups in total. The summed E-state index contributed by atoms with van der Waals surface area (Å²) in [5, 5.41) is 15.2. The van der Waals surface area contributed by atoms with Crippen molar-refractivity contribution in [1.82, 2.24) is 9.13 Å². The van der Waals surface area contributed by atoms with Crippen LogP contribution in [0.5, 0.6) is 0 Å². The van der Waals surface area contributed by atoms with Gasteiger partial charge in [-0.15, -0.1) is 0 Å². The van der Waals surface area contributed by atoms with E-state index in [0.717, 1.165) is 0 Å². The first-order valence-electron chi connectivity index (χ1n) is 18.7. The lowest BCUT2D eigenvalue weighted by Crippen LogP contribution is -1.94. The van der Waals surface area contributed by atoms with E-state index in [1.165, 1.54) is 109 Å². The largest absolute Gasteiger partial charge is 0.309 e. The van der Waals surface area contributed by atoms with E-state index >= 15 is 0 Å². The Balaban J connectivity index is 1.01. The summed E-state index contributed by atoms with van der Waals surface area (Å²) in [5.74, 6) is 0. The molecule has 0 saturated carbocycles. The van der Waals surface area contributed by atoms with Crippen LogP contribution in [0.4, 0.5) is 0 Å². The quantitative estimate of drug-likeness (QED) is 0.164. The summed E-state index contributed by atoms with van der Waals surface area (Å²) in [6.07, 6.45) is 0. The van der Waals surface area contributed by atoms with Crippen molar-refractivity contribution in [2.24, 2.45) is 0 Å². The SMILES string of the molecule is c1ccc2c(c1)ccc1cc(-n3c4ccccc4c4cc(-c5ccc6c(c5)c5ccccc5n6-c5ccc6c(ccc7ccccc76)c5)ccc43)ccc12. The van der Waals surface area contributed by atoms with Crippen LogP contribution < -0.4 is 0 Å². The van der Waals surface area contributed by atoms with Crippen LogP contribution in [0.2, 0.25) is 0 Å². The molecule has 2 heterocycles. The summed E-state index contributed by atoms with van der Waals surface area (Å²) in [7, 11) is 0. The van der Waals surface area contributed by atoms with Gasteiger partial charge in [-0.3, -0.25) is 0 Å². The molecule has 0 aliphatic heterocycles. The van der Waals surface area contributed by atoms with Crippen molar-refractivity contribution in [3.63, 3.8) is 0 Å². The molecule has 0 saturated heterocycles. The zero-order valence-electron chi connectivity index (χ0n) is 29.4. The lowest BCUT2D eigenvalue weighted by atomic mass is 10.0. The maximum atomic E-state index is 2.42. The monoisotopic (exact) mass is 684 g/mol. The summed E-state index contributed by atoms with van der Waals surface area (Å²) >= 11 is 0. The van der Waals surface area contributed by atoms with Crippen molar-refractivity contribution in [3.8, 4) is 22.5 Å². The number of aromatic nitrogens is 2. The van der Waals surface area contributed by atoms with Gasteiger partial charge in [0.05, 0.1) is 22.1 Å². The van der Waals surface area contributed by atoms with Crippen LogP contribution in [0.25, 0.3) is 109 Å². The standard InChI is InChI=1S/C52H32N2/c1-3-11-41-33(9-1)17-19-37-29-39(23-25-43(37)41)53-49-15-7-5-13-45(49)47-31-35(21-27-51(47)53)36-22-28-52-48(32-36)46-14-6-8-16-50(46)54(52)40-24-26-44-38(30-40)20-18-34-10-2-4-12-42(34)44/h1-32H. The van der Waals surface area contributed by atoms with Gasteiger partial charge in [-0.1, -0.05) is 133 Å². The first-order chi connectivity index (χ1) is 26.8. The van der Waals surface area contributed by atoms with Crippen LogP contribution >= 0.6 is 0 Å². The summed E-state index contributed by atoms with van der Waals surface area (Å²) < 4.78 is 4.85. The second kappa shape index (κ2) is 11.2. The Kier molecular flexibility index (Phi) is 6.09. The zero-order chi connectivity index (χ0) is 35.3. The average molecular weight is 685 g/mol. The molecule has 0 amide bonds. The van der Waals surface area contributed by atoms with Crippen LogP contribution in [-0.4, -0.2) is 9.13 Å². The van der Waals surface area contributed by atoms with Gasteiger partial charge in [0.15, 0.2) is 0 Å². The van der Waals surface area contributed by atoms with Gasteiger partial charge in [0.1, 0.15) is 0 Å². The highest BCUT2D eigenvalue weighted by Gasteiger charge is 2.17. The lowest BCUT2D eigenvalue weighted by molar-refractivity contribution is 1.19. The molecule has 2 nitrogen and oxygen atoms in total. The minimum atomic E-state index is 1.17. The molecule has 2 heteroatoms. The summed E-state index contributed by atoms with van der Waals surface area (Å²) in [5.41, 5.74) is 9.63. The molecule has 2 aromatic heterocycles. The number of hydrogen-bond donors (Lipinski definition) is 0. The van der Waals surface area contributed by atoms with Gasteiger partial charge in [0, 0.05) is 32.9 Å². The molecule has 0 aliphatic rings. The number of hydrogen-bond acceptors (Lipinski definition) is 0. The smallest absolute Gasteiger partial charge is 0.0541 e. The van der Waals surface area contributed by atoms with Gasteiger partial charge in [0.2, 0.25) is 0 Å². The van der Waals surface area contributed by atoms with Crippen molar-refractivity contribution < 1.29 is 0 Å². The molecule has 0 spiro atoms. The van der Waals surface area contributed by atoms with E-state index in [-0.39, 0.29) is 0 Å². The Labute approximate surface area is 311 Å². The highest BCUT2D eigenvalue weighted by atomic mass is 15.0. The van der Waals surface area contributed by atoms with E-state index in [4.69, 9.17) is 0 Å². The van der Waals surface area contributed by atoms with Gasteiger partial charge in [-0.2, -0.15) is 0 Å². The van der Waals surface area contributed by atoms with Gasteiger partial charge < -0.3 is 9.13 Å². The van der Waals surface area contributed by atoms with Crippen molar-refractivity contribution in [1.29, 1.82) is 0 Å². The van der Waals surface area contributed by atoms with Gasteiger partial charge in [0.25, 0.3) is 0 Å². The Hall–Kier alpha value is -7.16. The molecule has 0 bridgehead atoms. The molecule has 250 valence electrons. The molecule has 0 atom stereocenters. The van der Waals surface area contributed by atoms with Gasteiger partial charge >= 0.3 is 0 Å². The molecular formula is C52H32N2. The number of benzene rings is 10. The second-order valence-electron chi connectivity index (χ2n) is 14.6. The third-order valence-corrected chi connectivity index (χ3v) is 11.7. The predicted molar refractivity (Wildman–Crippen MR) is 231 cm³/mol. The number of para-hydroxylation sites is 2. The van der Waals surface area contributed by atoms with Crippen LogP contribution in [0.15, 0.2) is 194 Å². The van der Waals surface area contributed by atoms with Crippen LogP contribution in [0, 0.1) is 0 Å². The first-order valence-corrected chi connectivity index (χ1v) is 18.7. The van der Waals surface area contributed by atoms with Crippen LogP contribution in [0.1, 0.15) is 0 Å². The molecule has 12 aromatic rings. The van der Waals surface area contributed by atoms with E-state index in [1.54, 1.807) is 0 Å². The third kappa shape index (κ3) is 4.22. The Morgan fingerprint density at radius 1 is 0.222 bits per heavy atom. The first kappa shape index (κ1) is 29.4. The topological polar surface area (TPSA) is 9.86 Å². The van der Waals surface area contributed by atoms with Crippen molar-refractivity contribution >= 4 is 86.7 Å². The molecule has 54 heavy (non-hydrogen) atoms. The van der Waals surface area contributed by atoms with E-state index < -0.39 is 0 Å². The number of fused-ring (bicyclic) bond motifs is 12. The molecular weight excluding hydrogens is 653 g/mol. The maximum absolute atomic E-state index is 2.42. The molecule has 0 unspecified atom stereocenters. The number of nitrogens with zero attached hydrogens (tertiary/aromatic N) is 2. The third-order valence-electron chi connectivity index (χ3n) is 11.7. The minimum Gasteiger partial charge on any atom is -0.309 e. The predicted octanol–water partition coefficient (Wildman–Crippen LogP) is 14.2. The average Bonchev–Trinajstić information content (AvgIpc) is 3.75. The fourth-order valence-corrected chi connectivity index (χ4v) is 9.14. The molecule has 0 fully saturated rings. The molecule has 10 aromatic carbocycles. The van der Waals surface area contributed by atoms with E-state index in [2.05, 4.69) is 203 Å². The highest BCUT2D eigenvalue weighted by Crippen LogP contribution is 2.39. The fourth-order valence-electron chi connectivity index (χ4n) is 9.14. The zero-order valence-corrected chi connectivity index (χ0v) is 29.4. The van der Waals surface area contributed by atoms with E-state index in [0.29, 0.717) is 0 Å². The Bertz CT molecular complexity index is 3270. The van der Waals surface area contributed by atoms with Crippen LogP contribution in [0.3, 0.4) is 0 Å². The van der Waals surface area contributed by atoms with E-state index in [9.17, 15) is 0 Å². The maximum Gasteiger partial charge on any atom is 0.0541 e. The van der Waals surface area contributed by atoms with E-state index in [1.807, 2.05) is 0 Å². The normalized spacial score (nSPS) is 12.1. The Morgan fingerprint density at radius 2 is 0.593 bits per heavy atom. The fraction of sp³-hybridized carbons (Fsp3) is 0. The lowest BCUT2D eigenvalue weighted by Gasteiger charge is -2.12. The molecule has 0 radical (unpaired) electrons.